The van der Waals surface area contributed by atoms with Crippen molar-refractivity contribution < 1.29 is 19.0 Å². The SMILES string of the molecule is CC.CC1(C)CCC=C1c1cc(COc2cccc(CCC(=O)O)c2)ccc1-c1cc(Cl)ccc1F. The van der Waals surface area contributed by atoms with Gasteiger partial charge in [-0.15, -0.1) is 0 Å². The van der Waals surface area contributed by atoms with Crippen LogP contribution in [0.4, 0.5) is 4.39 Å². The van der Waals surface area contributed by atoms with Gasteiger partial charge in [0.2, 0.25) is 0 Å². The molecule has 190 valence electrons. The molecule has 1 aliphatic rings. The minimum Gasteiger partial charge on any atom is -0.489 e. The molecule has 3 aromatic carbocycles. The van der Waals surface area contributed by atoms with Gasteiger partial charge in [-0.2, -0.15) is 0 Å². The van der Waals surface area contributed by atoms with Crippen molar-refractivity contribution in [3.63, 3.8) is 0 Å². The lowest BCUT2D eigenvalue weighted by Gasteiger charge is -2.25. The van der Waals surface area contributed by atoms with Gasteiger partial charge in [-0.3, -0.25) is 4.79 Å². The van der Waals surface area contributed by atoms with E-state index in [9.17, 15) is 9.18 Å². The maximum Gasteiger partial charge on any atom is 0.303 e. The van der Waals surface area contributed by atoms with Crippen LogP contribution in [0.5, 0.6) is 5.75 Å². The first kappa shape index (κ1) is 27.5. The van der Waals surface area contributed by atoms with Gasteiger partial charge in [0.05, 0.1) is 0 Å². The van der Waals surface area contributed by atoms with E-state index in [1.165, 1.54) is 11.6 Å². The van der Waals surface area contributed by atoms with E-state index < -0.39 is 5.97 Å². The number of carboxylic acid groups (broad SMARTS) is 1. The lowest BCUT2D eigenvalue weighted by atomic mass is 9.79. The molecule has 5 heteroatoms. The summed E-state index contributed by atoms with van der Waals surface area (Å²) in [5.74, 6) is -0.432. The molecule has 0 saturated heterocycles. The van der Waals surface area contributed by atoms with Crippen LogP contribution in [0, 0.1) is 11.2 Å². The first-order valence-electron chi connectivity index (χ1n) is 12.5. The minimum atomic E-state index is -0.820. The topological polar surface area (TPSA) is 46.5 Å². The lowest BCUT2D eigenvalue weighted by Crippen LogP contribution is -2.10. The number of hydrogen-bond donors (Lipinski definition) is 1. The Labute approximate surface area is 218 Å². The smallest absolute Gasteiger partial charge is 0.303 e. The van der Waals surface area contributed by atoms with Crippen LogP contribution in [-0.2, 0) is 17.8 Å². The Morgan fingerprint density at radius 1 is 1.00 bits per heavy atom. The average molecular weight is 509 g/mol. The van der Waals surface area contributed by atoms with Gasteiger partial charge in [0, 0.05) is 17.0 Å². The van der Waals surface area contributed by atoms with Crippen molar-refractivity contribution in [2.45, 2.75) is 60.0 Å². The summed E-state index contributed by atoms with van der Waals surface area (Å²) >= 11 is 6.20. The number of halogens is 2. The summed E-state index contributed by atoms with van der Waals surface area (Å²) in [4.78, 5) is 10.9. The van der Waals surface area contributed by atoms with E-state index in [2.05, 4.69) is 26.0 Å². The standard InChI is InChI=1S/C29H28ClFO3.C2H6/c1-29(2)14-4-7-26(29)24-16-20(8-11-23(24)25-17-21(30)10-12-27(25)31)18-34-22-6-3-5-19(15-22)9-13-28(32)33;1-2/h3,5-8,10-12,15-17H,4,9,13-14,18H2,1-2H3,(H,32,33);1-2H3. The average Bonchev–Trinajstić information content (AvgIpc) is 3.23. The highest BCUT2D eigenvalue weighted by Gasteiger charge is 2.30. The molecule has 0 bridgehead atoms. The highest BCUT2D eigenvalue weighted by molar-refractivity contribution is 6.30. The zero-order valence-corrected chi connectivity index (χ0v) is 22.2. The fourth-order valence-electron chi connectivity index (χ4n) is 4.51. The summed E-state index contributed by atoms with van der Waals surface area (Å²) < 4.78 is 20.8. The molecule has 0 spiro atoms. The van der Waals surface area contributed by atoms with Crippen molar-refractivity contribution in [3.8, 4) is 16.9 Å². The molecule has 0 fully saturated rings. The predicted octanol–water partition coefficient (Wildman–Crippen LogP) is 8.97. The third kappa shape index (κ3) is 6.76. The quantitative estimate of drug-likeness (QED) is 0.330. The molecule has 0 aromatic heterocycles. The second-order valence-corrected chi connectivity index (χ2v) is 9.81. The Morgan fingerprint density at radius 2 is 1.78 bits per heavy atom. The molecule has 36 heavy (non-hydrogen) atoms. The van der Waals surface area contributed by atoms with E-state index in [1.807, 2.05) is 50.2 Å². The van der Waals surface area contributed by atoms with Gasteiger partial charge in [-0.05, 0) is 88.9 Å². The molecule has 3 nitrogen and oxygen atoms in total. The van der Waals surface area contributed by atoms with Crippen LogP contribution >= 0.6 is 11.6 Å². The first-order chi connectivity index (χ1) is 17.2. The van der Waals surface area contributed by atoms with Crippen molar-refractivity contribution >= 4 is 23.1 Å². The van der Waals surface area contributed by atoms with Crippen LogP contribution in [0.25, 0.3) is 16.7 Å². The Morgan fingerprint density at radius 3 is 2.47 bits per heavy atom. The van der Waals surface area contributed by atoms with Crippen molar-refractivity contribution in [1.29, 1.82) is 0 Å². The zero-order chi connectivity index (χ0) is 26.3. The van der Waals surface area contributed by atoms with Gasteiger partial charge in [0.15, 0.2) is 0 Å². The number of allylic oxidation sites excluding steroid dienone is 2. The first-order valence-corrected chi connectivity index (χ1v) is 12.8. The van der Waals surface area contributed by atoms with E-state index in [-0.39, 0.29) is 17.7 Å². The van der Waals surface area contributed by atoms with Crippen molar-refractivity contribution in [3.05, 3.63) is 94.3 Å². The normalized spacial score (nSPS) is 14.0. The number of aryl methyl sites for hydroxylation is 1. The van der Waals surface area contributed by atoms with Crippen LogP contribution in [0.15, 0.2) is 66.7 Å². The Kier molecular flexibility index (Phi) is 9.33. The Balaban J connectivity index is 0.00000176. The van der Waals surface area contributed by atoms with Crippen LogP contribution in [0.3, 0.4) is 0 Å². The van der Waals surface area contributed by atoms with Gasteiger partial charge < -0.3 is 9.84 Å². The summed E-state index contributed by atoms with van der Waals surface area (Å²) in [5, 5.41) is 9.42. The molecular formula is C31H34ClFO3. The van der Waals surface area contributed by atoms with Crippen molar-refractivity contribution in [1.82, 2.24) is 0 Å². The zero-order valence-electron chi connectivity index (χ0n) is 21.4. The van der Waals surface area contributed by atoms with Crippen LogP contribution in [-0.4, -0.2) is 11.1 Å². The minimum absolute atomic E-state index is 0.0121. The molecule has 1 N–H and O–H groups in total. The fraction of sp³-hybridized carbons (Fsp3) is 0.323. The molecule has 0 unspecified atom stereocenters. The van der Waals surface area contributed by atoms with Crippen LogP contribution in [0.2, 0.25) is 5.02 Å². The molecule has 0 aliphatic heterocycles. The third-order valence-electron chi connectivity index (χ3n) is 6.37. The molecule has 1 aliphatic carbocycles. The summed E-state index contributed by atoms with van der Waals surface area (Å²) in [6.45, 7) is 8.78. The molecule has 0 saturated carbocycles. The van der Waals surface area contributed by atoms with Gasteiger partial charge in [0.1, 0.15) is 18.2 Å². The molecule has 4 rings (SSSR count). The summed E-state index contributed by atoms with van der Waals surface area (Å²) in [6, 6.07) is 18.1. The van der Waals surface area contributed by atoms with Gasteiger partial charge in [0.25, 0.3) is 0 Å². The maximum atomic E-state index is 14.8. The number of carboxylic acids is 1. The van der Waals surface area contributed by atoms with E-state index >= 15 is 0 Å². The molecule has 0 radical (unpaired) electrons. The largest absolute Gasteiger partial charge is 0.489 e. The van der Waals surface area contributed by atoms with Crippen LogP contribution < -0.4 is 4.74 Å². The molecule has 0 heterocycles. The summed E-state index contributed by atoms with van der Waals surface area (Å²) in [5.41, 5.74) is 5.40. The van der Waals surface area contributed by atoms with Gasteiger partial charge >= 0.3 is 5.97 Å². The fourth-order valence-corrected chi connectivity index (χ4v) is 4.69. The van der Waals surface area contributed by atoms with Crippen molar-refractivity contribution in [2.24, 2.45) is 5.41 Å². The van der Waals surface area contributed by atoms with Crippen molar-refractivity contribution in [2.75, 3.05) is 0 Å². The number of hydrogen-bond acceptors (Lipinski definition) is 2. The molecule has 0 amide bonds. The molecular weight excluding hydrogens is 475 g/mol. The van der Waals surface area contributed by atoms with Crippen LogP contribution in [0.1, 0.15) is 63.6 Å². The van der Waals surface area contributed by atoms with E-state index in [4.69, 9.17) is 21.4 Å². The Hall–Kier alpha value is -3.11. The van der Waals surface area contributed by atoms with E-state index in [0.29, 0.717) is 29.4 Å². The molecule has 0 atom stereocenters. The second-order valence-electron chi connectivity index (χ2n) is 9.37. The van der Waals surface area contributed by atoms with E-state index in [0.717, 1.165) is 35.1 Å². The van der Waals surface area contributed by atoms with Gasteiger partial charge in [-0.25, -0.2) is 4.39 Å². The number of carbonyl (C=O) groups is 1. The lowest BCUT2D eigenvalue weighted by molar-refractivity contribution is -0.136. The van der Waals surface area contributed by atoms with E-state index in [1.54, 1.807) is 12.1 Å². The highest BCUT2D eigenvalue weighted by atomic mass is 35.5. The summed E-state index contributed by atoms with van der Waals surface area (Å²) in [6.07, 6.45) is 4.82. The molecule has 3 aromatic rings. The highest BCUT2D eigenvalue weighted by Crippen LogP contribution is 2.47. The Bertz CT molecular complexity index is 1250. The van der Waals surface area contributed by atoms with Gasteiger partial charge in [-0.1, -0.05) is 69.6 Å². The summed E-state index contributed by atoms with van der Waals surface area (Å²) in [7, 11) is 0. The predicted molar refractivity (Wildman–Crippen MR) is 146 cm³/mol. The number of aliphatic carboxylic acids is 1. The number of rotatable bonds is 8. The maximum absolute atomic E-state index is 14.8. The monoisotopic (exact) mass is 508 g/mol. The number of benzene rings is 3. The number of ether oxygens (including phenoxy) is 1. The third-order valence-corrected chi connectivity index (χ3v) is 6.61. The second kappa shape index (κ2) is 12.2.